The van der Waals surface area contributed by atoms with Crippen molar-refractivity contribution in [3.63, 3.8) is 0 Å². The lowest BCUT2D eigenvalue weighted by Gasteiger charge is -2.40. The van der Waals surface area contributed by atoms with Gasteiger partial charge in [-0.25, -0.2) is 0 Å². The van der Waals surface area contributed by atoms with Crippen LogP contribution in [0.1, 0.15) is 47.0 Å². The smallest absolute Gasteiger partial charge is 0.226 e. The monoisotopic (exact) mass is 225 g/mol. The molecule has 0 aromatic heterocycles. The molecule has 2 aliphatic rings. The van der Waals surface area contributed by atoms with Gasteiger partial charge in [0.25, 0.3) is 0 Å². The van der Waals surface area contributed by atoms with Gasteiger partial charge in [0, 0.05) is 6.54 Å². The van der Waals surface area contributed by atoms with Gasteiger partial charge >= 0.3 is 0 Å². The van der Waals surface area contributed by atoms with Crippen molar-refractivity contribution in [3.8, 4) is 0 Å². The predicted molar refractivity (Wildman–Crippen MR) is 62.9 cm³/mol. The van der Waals surface area contributed by atoms with Gasteiger partial charge in [0.2, 0.25) is 5.91 Å². The molecule has 3 heteroatoms. The minimum absolute atomic E-state index is 0.0991. The third kappa shape index (κ3) is 1.05. The molecule has 0 heterocycles. The zero-order chi connectivity index (χ0) is 12.2. The summed E-state index contributed by atoms with van der Waals surface area (Å²) in [6.45, 7) is 9.03. The minimum Gasteiger partial charge on any atom is -0.393 e. The van der Waals surface area contributed by atoms with E-state index in [4.69, 9.17) is 0 Å². The minimum atomic E-state index is -0.350. The Bertz CT molecular complexity index is 326. The maximum atomic E-state index is 12.3. The summed E-state index contributed by atoms with van der Waals surface area (Å²) in [5, 5.41) is 13.2. The van der Waals surface area contributed by atoms with Gasteiger partial charge in [-0.05, 0) is 37.0 Å². The van der Waals surface area contributed by atoms with Crippen LogP contribution < -0.4 is 5.32 Å². The Balaban J connectivity index is 2.40. The molecule has 3 atom stereocenters. The number of carbonyl (C=O) groups is 1. The van der Waals surface area contributed by atoms with E-state index >= 15 is 0 Å². The van der Waals surface area contributed by atoms with Gasteiger partial charge in [-0.15, -0.1) is 0 Å². The second-order valence-corrected chi connectivity index (χ2v) is 6.20. The van der Waals surface area contributed by atoms with Gasteiger partial charge < -0.3 is 10.4 Å². The molecule has 3 nitrogen and oxygen atoms in total. The summed E-state index contributed by atoms with van der Waals surface area (Å²) < 4.78 is 0. The Kier molecular flexibility index (Phi) is 2.40. The highest BCUT2D eigenvalue weighted by Gasteiger charge is 2.71. The summed E-state index contributed by atoms with van der Waals surface area (Å²) in [5.41, 5.74) is -0.562. The number of rotatable bonds is 2. The van der Waals surface area contributed by atoms with Crippen LogP contribution in [0.3, 0.4) is 0 Å². The molecule has 2 fully saturated rings. The van der Waals surface area contributed by atoms with Gasteiger partial charge in [-0.1, -0.05) is 20.8 Å². The van der Waals surface area contributed by atoms with E-state index in [1.807, 2.05) is 6.92 Å². The molecule has 0 radical (unpaired) electrons. The zero-order valence-corrected chi connectivity index (χ0v) is 10.8. The van der Waals surface area contributed by atoms with Crippen LogP contribution in [0.2, 0.25) is 0 Å². The average Bonchev–Trinajstić information content (AvgIpc) is 2.48. The summed E-state index contributed by atoms with van der Waals surface area (Å²) in [6, 6.07) is 0. The van der Waals surface area contributed by atoms with Crippen LogP contribution in [0.15, 0.2) is 0 Å². The SMILES string of the molecule is CCNC(=O)[C@@]12CC[C@](C)([C@H](O)C1)C2(C)C. The molecule has 2 rings (SSSR count). The maximum absolute atomic E-state index is 12.3. The molecule has 92 valence electrons. The number of nitrogens with one attached hydrogen (secondary N) is 1. The van der Waals surface area contributed by atoms with Crippen molar-refractivity contribution in [2.24, 2.45) is 16.2 Å². The van der Waals surface area contributed by atoms with E-state index in [0.717, 1.165) is 12.8 Å². The van der Waals surface area contributed by atoms with E-state index in [0.29, 0.717) is 13.0 Å². The molecule has 0 aliphatic heterocycles. The molecular weight excluding hydrogens is 202 g/mol. The lowest BCUT2D eigenvalue weighted by molar-refractivity contribution is -0.135. The number of hydrogen-bond donors (Lipinski definition) is 2. The highest BCUT2D eigenvalue weighted by atomic mass is 16.3. The summed E-state index contributed by atoms with van der Waals surface area (Å²) in [7, 11) is 0. The molecule has 2 N–H and O–H groups in total. The van der Waals surface area contributed by atoms with Crippen molar-refractivity contribution in [2.75, 3.05) is 6.54 Å². The molecule has 2 saturated carbocycles. The van der Waals surface area contributed by atoms with Gasteiger partial charge in [0.1, 0.15) is 0 Å². The van der Waals surface area contributed by atoms with Crippen molar-refractivity contribution < 1.29 is 9.90 Å². The van der Waals surface area contributed by atoms with E-state index in [-0.39, 0.29) is 28.3 Å². The molecule has 16 heavy (non-hydrogen) atoms. The van der Waals surface area contributed by atoms with Crippen LogP contribution in [0.5, 0.6) is 0 Å². The van der Waals surface area contributed by atoms with E-state index in [9.17, 15) is 9.90 Å². The molecule has 0 aromatic rings. The molecule has 2 aliphatic carbocycles. The summed E-state index contributed by atoms with van der Waals surface area (Å²) in [6.07, 6.45) is 2.17. The third-order valence-electron chi connectivity index (χ3n) is 5.74. The average molecular weight is 225 g/mol. The van der Waals surface area contributed by atoms with Crippen molar-refractivity contribution >= 4 is 5.91 Å². The van der Waals surface area contributed by atoms with E-state index in [1.54, 1.807) is 0 Å². The van der Waals surface area contributed by atoms with Gasteiger partial charge in [-0.2, -0.15) is 0 Å². The van der Waals surface area contributed by atoms with Crippen LogP contribution in [0, 0.1) is 16.2 Å². The Hall–Kier alpha value is -0.570. The highest BCUT2D eigenvalue weighted by Crippen LogP contribution is 2.72. The second kappa shape index (κ2) is 3.22. The van der Waals surface area contributed by atoms with Crippen LogP contribution in [0.4, 0.5) is 0 Å². The quantitative estimate of drug-likeness (QED) is 0.751. The normalized spacial score (nSPS) is 44.7. The summed E-state index contributed by atoms with van der Waals surface area (Å²) in [5.74, 6) is 0.139. The van der Waals surface area contributed by atoms with Crippen molar-refractivity contribution in [1.82, 2.24) is 5.32 Å². The number of amides is 1. The van der Waals surface area contributed by atoms with Crippen LogP contribution in [-0.4, -0.2) is 23.7 Å². The first-order chi connectivity index (χ1) is 7.32. The molecular formula is C13H23NO2. The number of fused-ring (bicyclic) bond motifs is 2. The first kappa shape index (κ1) is 11.9. The number of hydrogen-bond acceptors (Lipinski definition) is 2. The van der Waals surface area contributed by atoms with Crippen molar-refractivity contribution in [2.45, 2.75) is 53.1 Å². The second-order valence-electron chi connectivity index (χ2n) is 6.20. The predicted octanol–water partition coefficient (Wildman–Crippen LogP) is 1.70. The fraction of sp³-hybridized carbons (Fsp3) is 0.923. The van der Waals surface area contributed by atoms with Crippen LogP contribution in [-0.2, 0) is 4.79 Å². The first-order valence-electron chi connectivity index (χ1n) is 6.28. The largest absolute Gasteiger partial charge is 0.393 e. The summed E-state index contributed by atoms with van der Waals surface area (Å²) in [4.78, 5) is 12.3. The number of aliphatic hydroxyl groups is 1. The standard InChI is InChI=1S/C13H23NO2/c1-5-14-10(16)13-7-6-12(4,9(15)8-13)11(13,2)3/h9,15H,5-8H2,1-4H3,(H,14,16)/t9-,12-,13-/m1/s1. The molecule has 0 unspecified atom stereocenters. The molecule has 0 spiro atoms. The zero-order valence-electron chi connectivity index (χ0n) is 10.8. The Morgan fingerprint density at radius 1 is 1.38 bits per heavy atom. The maximum Gasteiger partial charge on any atom is 0.226 e. The first-order valence-corrected chi connectivity index (χ1v) is 6.28. The highest BCUT2D eigenvalue weighted by molar-refractivity contribution is 5.85. The Morgan fingerprint density at radius 3 is 2.38 bits per heavy atom. The van der Waals surface area contributed by atoms with Gasteiger partial charge in [0.15, 0.2) is 0 Å². The topological polar surface area (TPSA) is 49.3 Å². The Labute approximate surface area is 97.6 Å². The molecule has 0 saturated heterocycles. The lowest BCUT2D eigenvalue weighted by atomic mass is 9.64. The summed E-state index contributed by atoms with van der Waals surface area (Å²) >= 11 is 0. The Morgan fingerprint density at radius 2 is 2.00 bits per heavy atom. The number of aliphatic hydroxyl groups excluding tert-OH is 1. The van der Waals surface area contributed by atoms with Crippen LogP contribution >= 0.6 is 0 Å². The third-order valence-corrected chi connectivity index (χ3v) is 5.74. The van der Waals surface area contributed by atoms with E-state index in [2.05, 4.69) is 26.1 Å². The fourth-order valence-electron chi connectivity index (χ4n) is 3.96. The number of carbonyl (C=O) groups excluding carboxylic acids is 1. The molecule has 1 amide bonds. The van der Waals surface area contributed by atoms with Gasteiger partial charge in [0.05, 0.1) is 11.5 Å². The van der Waals surface area contributed by atoms with Crippen LogP contribution in [0.25, 0.3) is 0 Å². The lowest BCUT2D eigenvalue weighted by Crippen LogP contribution is -2.46. The fourth-order valence-corrected chi connectivity index (χ4v) is 3.96. The van der Waals surface area contributed by atoms with E-state index < -0.39 is 0 Å². The van der Waals surface area contributed by atoms with Crippen molar-refractivity contribution in [3.05, 3.63) is 0 Å². The van der Waals surface area contributed by atoms with Gasteiger partial charge in [-0.3, -0.25) is 4.79 Å². The van der Waals surface area contributed by atoms with Crippen molar-refractivity contribution in [1.29, 1.82) is 0 Å². The van der Waals surface area contributed by atoms with E-state index in [1.165, 1.54) is 0 Å². The molecule has 0 aromatic carbocycles. The molecule has 2 bridgehead atoms.